The Hall–Kier alpha value is -4.52. The van der Waals surface area contributed by atoms with Crippen molar-refractivity contribution < 1.29 is 9.59 Å². The van der Waals surface area contributed by atoms with Crippen LogP contribution in [0.25, 0.3) is 11.3 Å². The van der Waals surface area contributed by atoms with Crippen molar-refractivity contribution >= 4 is 11.9 Å². The van der Waals surface area contributed by atoms with E-state index < -0.39 is 12.2 Å². The van der Waals surface area contributed by atoms with Gasteiger partial charge in [-0.3, -0.25) is 15.1 Å². The highest BCUT2D eigenvalue weighted by molar-refractivity contribution is 5.83. The molecule has 1 saturated heterocycles. The van der Waals surface area contributed by atoms with E-state index in [1.165, 1.54) is 5.01 Å². The maximum absolute atomic E-state index is 13.2. The molecular weight excluding hydrogens is 478 g/mol. The number of hydrogen-bond donors (Lipinski definition) is 3. The van der Waals surface area contributed by atoms with Gasteiger partial charge in [-0.2, -0.15) is 5.26 Å². The Labute approximate surface area is 222 Å². The number of amides is 3. The predicted molar refractivity (Wildman–Crippen MR) is 145 cm³/mol. The Bertz CT molecular complexity index is 1320. The molecule has 3 amide bonds. The van der Waals surface area contributed by atoms with Crippen LogP contribution in [0.15, 0.2) is 85.5 Å². The fourth-order valence-corrected chi connectivity index (χ4v) is 4.30. The predicted octanol–water partition coefficient (Wildman–Crippen LogP) is 3.17. The van der Waals surface area contributed by atoms with Crippen LogP contribution in [-0.4, -0.2) is 52.1 Å². The Morgan fingerprint density at radius 2 is 2.00 bits per heavy atom. The zero-order chi connectivity index (χ0) is 26.9. The first-order valence-electron chi connectivity index (χ1n) is 12.4. The third-order valence-electron chi connectivity index (χ3n) is 6.19. The zero-order valence-corrected chi connectivity index (χ0v) is 21.3. The number of nitrogens with zero attached hydrogens (tertiary/aromatic N) is 4. The van der Waals surface area contributed by atoms with Crippen LogP contribution in [0.4, 0.5) is 4.79 Å². The highest BCUT2D eigenvalue weighted by Gasteiger charge is 2.36. The SMILES string of the molecule is C=CCNN(C(=O)NCc1ccccc1)[C@H]1CN(Cc2cccc(-c3cccc(C#N)c3)n2)C(=O)[C@H](C)N1. The number of benzene rings is 2. The van der Waals surface area contributed by atoms with Crippen molar-refractivity contribution in [3.8, 4) is 17.3 Å². The number of aromatic nitrogens is 1. The second kappa shape index (κ2) is 12.6. The van der Waals surface area contributed by atoms with Gasteiger partial charge in [-0.25, -0.2) is 15.2 Å². The van der Waals surface area contributed by atoms with Crippen LogP contribution in [0.5, 0.6) is 0 Å². The summed E-state index contributed by atoms with van der Waals surface area (Å²) in [5.74, 6) is -0.0757. The quantitative estimate of drug-likeness (QED) is 0.302. The first-order chi connectivity index (χ1) is 18.5. The largest absolute Gasteiger partial charge is 0.333 e. The van der Waals surface area contributed by atoms with Gasteiger partial charge in [0.2, 0.25) is 5.91 Å². The van der Waals surface area contributed by atoms with E-state index in [0.29, 0.717) is 24.3 Å². The molecule has 0 radical (unpaired) electrons. The molecule has 194 valence electrons. The number of nitriles is 1. The molecule has 3 N–H and O–H groups in total. The average Bonchev–Trinajstić information content (AvgIpc) is 2.95. The first kappa shape index (κ1) is 26.5. The molecule has 9 nitrogen and oxygen atoms in total. The fraction of sp³-hybridized carbons (Fsp3) is 0.241. The summed E-state index contributed by atoms with van der Waals surface area (Å²) in [4.78, 5) is 32.7. The van der Waals surface area contributed by atoms with Gasteiger partial charge in [-0.05, 0) is 36.8 Å². The third-order valence-corrected chi connectivity index (χ3v) is 6.19. The van der Waals surface area contributed by atoms with Gasteiger partial charge in [0, 0.05) is 18.7 Å². The summed E-state index contributed by atoms with van der Waals surface area (Å²) in [6.45, 7) is 6.83. The lowest BCUT2D eigenvalue weighted by Gasteiger charge is -2.42. The summed E-state index contributed by atoms with van der Waals surface area (Å²) in [5.41, 5.74) is 6.91. The van der Waals surface area contributed by atoms with Gasteiger partial charge in [-0.1, -0.05) is 54.6 Å². The van der Waals surface area contributed by atoms with Crippen molar-refractivity contribution in [1.82, 2.24) is 31.0 Å². The molecule has 4 rings (SSSR count). The molecule has 0 saturated carbocycles. The van der Waals surface area contributed by atoms with Gasteiger partial charge in [0.15, 0.2) is 0 Å². The van der Waals surface area contributed by atoms with E-state index in [2.05, 4.69) is 28.7 Å². The van der Waals surface area contributed by atoms with E-state index >= 15 is 0 Å². The van der Waals surface area contributed by atoms with Gasteiger partial charge in [0.05, 0.1) is 42.2 Å². The Morgan fingerprint density at radius 1 is 1.21 bits per heavy atom. The smallest absolute Gasteiger partial charge is 0.333 e. The standard InChI is InChI=1S/C29H31N7O2/c1-3-15-32-36(29(38)31-18-22-9-5-4-6-10-22)27-20-35(28(37)21(2)33-27)19-25-13-8-14-26(34-25)24-12-7-11-23(16-24)17-30/h3-14,16,21,27,32-33H,1,15,18-20H2,2H3,(H,31,38)/t21-,27-/m0/s1. The number of rotatable bonds is 9. The van der Waals surface area contributed by atoms with Crippen LogP contribution in [0, 0.1) is 11.3 Å². The van der Waals surface area contributed by atoms with E-state index in [4.69, 9.17) is 4.98 Å². The molecular formula is C29H31N7O2. The molecule has 38 heavy (non-hydrogen) atoms. The molecule has 1 aromatic heterocycles. The number of nitrogens with one attached hydrogen (secondary N) is 3. The van der Waals surface area contributed by atoms with Gasteiger partial charge in [-0.15, -0.1) is 6.58 Å². The Morgan fingerprint density at radius 3 is 2.76 bits per heavy atom. The number of hydrogen-bond acceptors (Lipinski definition) is 6. The van der Waals surface area contributed by atoms with Crippen LogP contribution in [0.1, 0.15) is 23.7 Å². The number of piperazine rings is 1. The molecule has 2 atom stereocenters. The molecule has 0 bridgehead atoms. The topological polar surface area (TPSA) is 113 Å². The Balaban J connectivity index is 1.49. The van der Waals surface area contributed by atoms with Crippen LogP contribution in [0.3, 0.4) is 0 Å². The maximum Gasteiger partial charge on any atom is 0.333 e. The number of urea groups is 1. The zero-order valence-electron chi connectivity index (χ0n) is 21.3. The molecule has 9 heteroatoms. The Kier molecular flexibility index (Phi) is 8.82. The number of carbonyl (C=O) groups excluding carboxylic acids is 2. The molecule has 0 spiro atoms. The number of hydrazine groups is 1. The van der Waals surface area contributed by atoms with Crippen molar-refractivity contribution in [3.63, 3.8) is 0 Å². The lowest BCUT2D eigenvalue weighted by molar-refractivity contribution is -0.139. The fourth-order valence-electron chi connectivity index (χ4n) is 4.30. The molecule has 1 fully saturated rings. The highest BCUT2D eigenvalue weighted by atomic mass is 16.2. The summed E-state index contributed by atoms with van der Waals surface area (Å²) < 4.78 is 0. The second-order valence-electron chi connectivity index (χ2n) is 8.99. The number of pyridine rings is 1. The van der Waals surface area contributed by atoms with Gasteiger partial charge >= 0.3 is 6.03 Å². The van der Waals surface area contributed by atoms with Crippen molar-refractivity contribution in [2.75, 3.05) is 13.1 Å². The normalized spacial score (nSPS) is 16.9. The third kappa shape index (κ3) is 6.62. The van der Waals surface area contributed by atoms with Gasteiger partial charge in [0.25, 0.3) is 0 Å². The second-order valence-corrected chi connectivity index (χ2v) is 8.99. The van der Waals surface area contributed by atoms with E-state index in [0.717, 1.165) is 16.8 Å². The van der Waals surface area contributed by atoms with Crippen LogP contribution in [0.2, 0.25) is 0 Å². The first-order valence-corrected chi connectivity index (χ1v) is 12.4. The van der Waals surface area contributed by atoms with Crippen LogP contribution in [-0.2, 0) is 17.9 Å². The summed E-state index contributed by atoms with van der Waals surface area (Å²) in [6, 6.07) is 23.9. The van der Waals surface area contributed by atoms with Crippen LogP contribution >= 0.6 is 0 Å². The van der Waals surface area contributed by atoms with E-state index in [1.807, 2.05) is 60.7 Å². The molecule has 1 aliphatic heterocycles. The summed E-state index contributed by atoms with van der Waals surface area (Å²) in [7, 11) is 0. The summed E-state index contributed by atoms with van der Waals surface area (Å²) in [5, 5.41) is 16.9. The van der Waals surface area contributed by atoms with Crippen molar-refractivity contribution in [2.45, 2.75) is 32.2 Å². The monoisotopic (exact) mass is 509 g/mol. The number of carbonyl (C=O) groups is 2. The minimum atomic E-state index is -0.501. The minimum Gasteiger partial charge on any atom is -0.333 e. The lowest BCUT2D eigenvalue weighted by Crippen LogP contribution is -2.68. The van der Waals surface area contributed by atoms with E-state index in [1.54, 1.807) is 30.0 Å². The van der Waals surface area contributed by atoms with Crippen molar-refractivity contribution in [3.05, 3.63) is 102 Å². The highest BCUT2D eigenvalue weighted by Crippen LogP contribution is 2.20. The van der Waals surface area contributed by atoms with Gasteiger partial charge in [0.1, 0.15) is 6.17 Å². The lowest BCUT2D eigenvalue weighted by atomic mass is 10.1. The summed E-state index contributed by atoms with van der Waals surface area (Å²) >= 11 is 0. The average molecular weight is 510 g/mol. The van der Waals surface area contributed by atoms with E-state index in [9.17, 15) is 14.9 Å². The minimum absolute atomic E-state index is 0.0757. The molecule has 1 aliphatic rings. The van der Waals surface area contributed by atoms with Gasteiger partial charge < -0.3 is 10.2 Å². The molecule has 0 unspecified atom stereocenters. The van der Waals surface area contributed by atoms with E-state index in [-0.39, 0.29) is 25.0 Å². The van der Waals surface area contributed by atoms with Crippen LogP contribution < -0.4 is 16.1 Å². The summed E-state index contributed by atoms with van der Waals surface area (Å²) in [6.07, 6.45) is 1.19. The molecule has 0 aliphatic carbocycles. The van der Waals surface area contributed by atoms with Crippen molar-refractivity contribution in [1.29, 1.82) is 5.26 Å². The molecule has 3 aromatic rings. The van der Waals surface area contributed by atoms with Crippen molar-refractivity contribution in [2.24, 2.45) is 0 Å². The molecule has 2 aromatic carbocycles. The molecule has 2 heterocycles. The maximum atomic E-state index is 13.2.